The van der Waals surface area contributed by atoms with Crippen LogP contribution < -0.4 is 0 Å². The topological polar surface area (TPSA) is 55.1 Å². The van der Waals surface area contributed by atoms with Gasteiger partial charge in [0.05, 0.1) is 5.75 Å². The predicted octanol–water partition coefficient (Wildman–Crippen LogP) is 2.37. The van der Waals surface area contributed by atoms with Gasteiger partial charge in [0.15, 0.2) is 5.16 Å². The van der Waals surface area contributed by atoms with Gasteiger partial charge in [-0.3, -0.25) is 4.79 Å². The molecule has 0 aliphatic rings. The lowest BCUT2D eigenvalue weighted by molar-refractivity contribution is -0.133. The molecule has 1 aromatic heterocycles. The molecule has 1 heterocycles. The first-order valence-electron chi connectivity index (χ1n) is 5.50. The van der Waals surface area contributed by atoms with Gasteiger partial charge >= 0.3 is 5.97 Å². The van der Waals surface area contributed by atoms with Crippen LogP contribution in [0, 0.1) is 0 Å². The van der Waals surface area contributed by atoms with Crippen LogP contribution in [0.25, 0.3) is 0 Å². The van der Waals surface area contributed by atoms with Crippen LogP contribution in [-0.2, 0) is 17.8 Å². The number of carboxylic acid groups (broad SMARTS) is 1. The van der Waals surface area contributed by atoms with Crippen molar-refractivity contribution in [1.29, 1.82) is 0 Å². The molecule has 0 radical (unpaired) electrons. The molecule has 1 N–H and O–H groups in total. The summed E-state index contributed by atoms with van der Waals surface area (Å²) in [5, 5.41) is 10.0. The number of imidazole rings is 1. The molecule has 1 rings (SSSR count). The minimum atomic E-state index is -0.805. The third-order valence-electron chi connectivity index (χ3n) is 2.43. The molecular formula is C11H18N2O2S2. The maximum absolute atomic E-state index is 10.6. The summed E-state index contributed by atoms with van der Waals surface area (Å²) in [5.74, 6) is -0.742. The Hall–Kier alpha value is -0.620. The Balaban J connectivity index is 2.81. The summed E-state index contributed by atoms with van der Waals surface area (Å²) >= 11 is 3.09. The normalized spacial score (nSPS) is 12.6. The second kappa shape index (κ2) is 6.96. The van der Waals surface area contributed by atoms with Gasteiger partial charge in [-0.15, -0.1) is 0 Å². The smallest absolute Gasteiger partial charge is 0.313 e. The Morgan fingerprint density at radius 1 is 1.65 bits per heavy atom. The summed E-state index contributed by atoms with van der Waals surface area (Å²) < 4.78 is 2.13. The molecule has 17 heavy (non-hydrogen) atoms. The highest BCUT2D eigenvalue weighted by Crippen LogP contribution is 2.21. The SMILES string of the molecule is CCc1cnc(SCC(=O)O)n1CC(C)SC. The van der Waals surface area contributed by atoms with Crippen molar-refractivity contribution >= 4 is 29.5 Å². The number of nitrogens with zero attached hydrogens (tertiary/aromatic N) is 2. The summed E-state index contributed by atoms with van der Waals surface area (Å²) in [5.41, 5.74) is 1.17. The molecule has 4 nitrogen and oxygen atoms in total. The first-order chi connectivity index (χ1) is 8.08. The van der Waals surface area contributed by atoms with Crippen LogP contribution in [0.15, 0.2) is 11.4 Å². The number of aryl methyl sites for hydroxylation is 1. The number of aromatic nitrogens is 2. The molecule has 0 fully saturated rings. The Morgan fingerprint density at radius 3 is 2.88 bits per heavy atom. The van der Waals surface area contributed by atoms with Crippen molar-refractivity contribution in [1.82, 2.24) is 9.55 Å². The molecule has 1 aromatic rings. The van der Waals surface area contributed by atoms with E-state index in [4.69, 9.17) is 5.11 Å². The van der Waals surface area contributed by atoms with Gasteiger partial charge in [-0.25, -0.2) is 4.98 Å². The lowest BCUT2D eigenvalue weighted by Crippen LogP contribution is -2.13. The molecule has 0 aliphatic heterocycles. The van der Waals surface area contributed by atoms with E-state index in [1.807, 2.05) is 6.20 Å². The monoisotopic (exact) mass is 274 g/mol. The number of aliphatic carboxylic acids is 1. The number of hydrogen-bond donors (Lipinski definition) is 1. The van der Waals surface area contributed by atoms with Gasteiger partial charge < -0.3 is 9.67 Å². The maximum Gasteiger partial charge on any atom is 0.313 e. The van der Waals surface area contributed by atoms with Crippen molar-refractivity contribution in [3.63, 3.8) is 0 Å². The third kappa shape index (κ3) is 4.27. The zero-order valence-corrected chi connectivity index (χ0v) is 12.0. The van der Waals surface area contributed by atoms with Crippen molar-refractivity contribution in [3.05, 3.63) is 11.9 Å². The highest BCUT2D eigenvalue weighted by Gasteiger charge is 2.13. The molecule has 0 aromatic carbocycles. The summed E-state index contributed by atoms with van der Waals surface area (Å²) in [6.07, 6.45) is 4.84. The summed E-state index contributed by atoms with van der Waals surface area (Å²) in [4.78, 5) is 14.9. The molecule has 1 atom stereocenters. The van der Waals surface area contributed by atoms with E-state index >= 15 is 0 Å². The molecule has 6 heteroatoms. The van der Waals surface area contributed by atoms with Crippen LogP contribution in [-0.4, -0.2) is 37.9 Å². The van der Waals surface area contributed by atoms with Crippen LogP contribution >= 0.6 is 23.5 Å². The summed E-state index contributed by atoms with van der Waals surface area (Å²) in [6.45, 7) is 5.13. The van der Waals surface area contributed by atoms with Crippen LogP contribution in [0.5, 0.6) is 0 Å². The van der Waals surface area contributed by atoms with Crippen LogP contribution in [0.2, 0.25) is 0 Å². The molecular weight excluding hydrogens is 256 g/mol. The molecule has 0 spiro atoms. The van der Waals surface area contributed by atoms with Crippen LogP contribution in [0.1, 0.15) is 19.5 Å². The minimum absolute atomic E-state index is 0.0633. The molecule has 0 saturated carbocycles. The fourth-order valence-corrected chi connectivity index (χ4v) is 2.47. The molecule has 0 aliphatic carbocycles. The quantitative estimate of drug-likeness (QED) is 0.774. The highest BCUT2D eigenvalue weighted by atomic mass is 32.2. The van der Waals surface area contributed by atoms with Crippen molar-refractivity contribution in [2.75, 3.05) is 12.0 Å². The largest absolute Gasteiger partial charge is 0.481 e. The molecule has 96 valence electrons. The molecule has 1 unspecified atom stereocenters. The first kappa shape index (κ1) is 14.4. The average Bonchev–Trinajstić information content (AvgIpc) is 2.68. The van der Waals surface area contributed by atoms with Gasteiger partial charge in [0.2, 0.25) is 0 Å². The Bertz CT molecular complexity index is 380. The van der Waals surface area contributed by atoms with E-state index in [0.717, 1.165) is 18.1 Å². The maximum atomic E-state index is 10.6. The van der Waals surface area contributed by atoms with Gasteiger partial charge in [-0.1, -0.05) is 25.6 Å². The van der Waals surface area contributed by atoms with E-state index in [1.165, 1.54) is 17.5 Å². The third-order valence-corrected chi connectivity index (χ3v) is 4.36. The fourth-order valence-electron chi connectivity index (χ4n) is 1.44. The van der Waals surface area contributed by atoms with E-state index in [2.05, 4.69) is 29.7 Å². The van der Waals surface area contributed by atoms with Gasteiger partial charge in [0.1, 0.15) is 0 Å². The predicted molar refractivity (Wildman–Crippen MR) is 72.9 cm³/mol. The van der Waals surface area contributed by atoms with E-state index < -0.39 is 5.97 Å². The van der Waals surface area contributed by atoms with Crippen molar-refractivity contribution < 1.29 is 9.90 Å². The Kier molecular flexibility index (Phi) is 5.91. The van der Waals surface area contributed by atoms with Crippen molar-refractivity contribution in [3.8, 4) is 0 Å². The van der Waals surface area contributed by atoms with Gasteiger partial charge in [-0.2, -0.15) is 11.8 Å². The van der Waals surface area contributed by atoms with Crippen molar-refractivity contribution in [2.45, 2.75) is 37.2 Å². The lowest BCUT2D eigenvalue weighted by Gasteiger charge is -2.14. The lowest BCUT2D eigenvalue weighted by atomic mass is 10.3. The fraction of sp³-hybridized carbons (Fsp3) is 0.636. The highest BCUT2D eigenvalue weighted by molar-refractivity contribution is 7.99. The van der Waals surface area contributed by atoms with Gasteiger partial charge in [0.25, 0.3) is 0 Å². The number of carbonyl (C=O) groups is 1. The second-order valence-corrected chi connectivity index (χ2v) is 5.94. The molecule has 0 saturated heterocycles. The van der Waals surface area contributed by atoms with Gasteiger partial charge in [-0.05, 0) is 12.7 Å². The van der Waals surface area contributed by atoms with Crippen LogP contribution in [0.4, 0.5) is 0 Å². The van der Waals surface area contributed by atoms with E-state index in [9.17, 15) is 4.79 Å². The summed E-state index contributed by atoms with van der Waals surface area (Å²) in [6, 6.07) is 0. The molecule has 0 bridgehead atoms. The zero-order valence-electron chi connectivity index (χ0n) is 10.3. The van der Waals surface area contributed by atoms with E-state index in [-0.39, 0.29) is 5.75 Å². The average molecular weight is 274 g/mol. The molecule has 0 amide bonds. The number of hydrogen-bond acceptors (Lipinski definition) is 4. The van der Waals surface area contributed by atoms with Gasteiger partial charge in [0, 0.05) is 23.7 Å². The standard InChI is InChI=1S/C11H18N2O2S2/c1-4-9-5-12-11(17-7-10(14)15)13(9)6-8(2)16-3/h5,8H,4,6-7H2,1-3H3,(H,14,15). The van der Waals surface area contributed by atoms with Crippen molar-refractivity contribution in [2.24, 2.45) is 0 Å². The van der Waals surface area contributed by atoms with Crippen LogP contribution in [0.3, 0.4) is 0 Å². The first-order valence-corrected chi connectivity index (χ1v) is 7.77. The van der Waals surface area contributed by atoms with E-state index in [0.29, 0.717) is 5.25 Å². The van der Waals surface area contributed by atoms with E-state index in [1.54, 1.807) is 11.8 Å². The minimum Gasteiger partial charge on any atom is -0.481 e. The zero-order chi connectivity index (χ0) is 12.8. The number of carboxylic acids is 1. The second-order valence-electron chi connectivity index (χ2n) is 3.73. The summed E-state index contributed by atoms with van der Waals surface area (Å²) in [7, 11) is 0. The number of thioether (sulfide) groups is 2. The Labute approximate surface area is 110 Å². The Morgan fingerprint density at radius 2 is 2.35 bits per heavy atom. The number of rotatable bonds is 7.